The lowest BCUT2D eigenvalue weighted by Crippen LogP contribution is -2.27. The molecule has 0 atom stereocenters. The first-order chi connectivity index (χ1) is 13.7. The summed E-state index contributed by atoms with van der Waals surface area (Å²) in [4.78, 5) is 35.6. The van der Waals surface area contributed by atoms with Crippen LogP contribution in [0.25, 0.3) is 0 Å². The fourth-order valence-electron chi connectivity index (χ4n) is 3.72. The molecule has 0 bridgehead atoms. The van der Waals surface area contributed by atoms with Crippen molar-refractivity contribution in [2.75, 3.05) is 11.4 Å². The summed E-state index contributed by atoms with van der Waals surface area (Å²) in [5, 5.41) is 20.0. The maximum atomic E-state index is 12.1. The summed E-state index contributed by atoms with van der Waals surface area (Å²) in [5.74, 6) is -1.14. The van der Waals surface area contributed by atoms with Crippen LogP contribution in [0.2, 0.25) is 0 Å². The average molecular weight is 394 g/mol. The van der Waals surface area contributed by atoms with Crippen molar-refractivity contribution in [3.8, 4) is 0 Å². The van der Waals surface area contributed by atoms with E-state index in [2.05, 4.69) is 18.7 Å². The Morgan fingerprint density at radius 1 is 1.24 bits per heavy atom. The summed E-state index contributed by atoms with van der Waals surface area (Å²) in [5.41, 5.74) is 2.76. The molecule has 1 aliphatic carbocycles. The van der Waals surface area contributed by atoms with Crippen LogP contribution < -0.4 is 4.90 Å². The number of nitro groups is 1. The van der Waals surface area contributed by atoms with E-state index >= 15 is 0 Å². The number of rotatable bonds is 6. The van der Waals surface area contributed by atoms with E-state index in [9.17, 15) is 19.7 Å². The first kappa shape index (κ1) is 20.3. The Labute approximate surface area is 168 Å². The molecular formula is C22H22N2O5. The van der Waals surface area contributed by atoms with E-state index in [4.69, 9.17) is 5.11 Å². The fourth-order valence-corrected chi connectivity index (χ4v) is 3.72. The highest BCUT2D eigenvalue weighted by molar-refractivity contribution is 6.07. The number of anilines is 1. The van der Waals surface area contributed by atoms with Crippen molar-refractivity contribution < 1.29 is 19.6 Å². The number of aliphatic carboxylic acids is 1. The molecule has 0 saturated carbocycles. The molecule has 1 aromatic rings. The van der Waals surface area contributed by atoms with Crippen molar-refractivity contribution in [1.82, 2.24) is 0 Å². The molecule has 1 heterocycles. The number of nitrogens with zero attached hydrogens (tertiary/aromatic N) is 2. The molecule has 0 aromatic heterocycles. The van der Waals surface area contributed by atoms with Gasteiger partial charge in [0.15, 0.2) is 5.78 Å². The Morgan fingerprint density at radius 3 is 2.66 bits per heavy atom. The number of ketones is 1. The maximum absolute atomic E-state index is 12.1. The van der Waals surface area contributed by atoms with Gasteiger partial charge in [0.25, 0.3) is 5.70 Å². The third kappa shape index (κ3) is 4.03. The summed E-state index contributed by atoms with van der Waals surface area (Å²) in [6.07, 6.45) is 7.60. The van der Waals surface area contributed by atoms with Crippen LogP contribution in [0.15, 0.2) is 71.6 Å². The molecule has 0 amide bonds. The van der Waals surface area contributed by atoms with Gasteiger partial charge in [0.05, 0.1) is 4.92 Å². The van der Waals surface area contributed by atoms with E-state index in [1.54, 1.807) is 12.2 Å². The molecule has 7 nitrogen and oxygen atoms in total. The van der Waals surface area contributed by atoms with E-state index in [0.29, 0.717) is 13.0 Å². The Hall–Kier alpha value is -3.48. The lowest BCUT2D eigenvalue weighted by atomic mass is 9.83. The Morgan fingerprint density at radius 2 is 1.97 bits per heavy atom. The smallest absolute Gasteiger partial charge is 0.303 e. The highest BCUT2D eigenvalue weighted by atomic mass is 16.6. The van der Waals surface area contributed by atoms with Crippen LogP contribution in [0.4, 0.5) is 5.69 Å². The van der Waals surface area contributed by atoms with Gasteiger partial charge in [0.1, 0.15) is 0 Å². The van der Waals surface area contributed by atoms with E-state index in [1.807, 2.05) is 24.3 Å². The van der Waals surface area contributed by atoms with Gasteiger partial charge in [0.2, 0.25) is 0 Å². The number of carbonyl (C=O) groups excluding carboxylic acids is 1. The van der Waals surface area contributed by atoms with Gasteiger partial charge >= 0.3 is 5.97 Å². The first-order valence-electron chi connectivity index (χ1n) is 9.31. The maximum Gasteiger partial charge on any atom is 0.303 e. The molecule has 7 heteroatoms. The van der Waals surface area contributed by atoms with Crippen LogP contribution in [-0.2, 0) is 15.0 Å². The van der Waals surface area contributed by atoms with Crippen molar-refractivity contribution in [2.24, 2.45) is 0 Å². The summed E-state index contributed by atoms with van der Waals surface area (Å²) >= 11 is 0. The van der Waals surface area contributed by atoms with E-state index in [0.717, 1.165) is 16.9 Å². The first-order valence-corrected chi connectivity index (χ1v) is 9.31. The normalized spacial score (nSPS) is 20.1. The zero-order valence-electron chi connectivity index (χ0n) is 16.3. The Kier molecular flexibility index (Phi) is 5.50. The molecule has 1 aromatic carbocycles. The van der Waals surface area contributed by atoms with Gasteiger partial charge < -0.3 is 10.0 Å². The number of benzene rings is 1. The minimum Gasteiger partial charge on any atom is -0.481 e. The summed E-state index contributed by atoms with van der Waals surface area (Å²) in [7, 11) is 0. The second-order valence-corrected chi connectivity index (χ2v) is 7.49. The zero-order chi connectivity index (χ0) is 21.2. The van der Waals surface area contributed by atoms with Crippen molar-refractivity contribution in [3.63, 3.8) is 0 Å². The second-order valence-electron chi connectivity index (χ2n) is 7.49. The molecule has 1 N–H and O–H groups in total. The Bertz CT molecular complexity index is 998. The van der Waals surface area contributed by atoms with E-state index in [1.165, 1.54) is 18.2 Å². The third-order valence-electron chi connectivity index (χ3n) is 5.20. The van der Waals surface area contributed by atoms with Crippen LogP contribution in [-0.4, -0.2) is 28.3 Å². The van der Waals surface area contributed by atoms with Crippen LogP contribution in [0.3, 0.4) is 0 Å². The summed E-state index contributed by atoms with van der Waals surface area (Å²) < 4.78 is 0. The van der Waals surface area contributed by atoms with Crippen molar-refractivity contribution in [2.45, 2.75) is 32.1 Å². The average Bonchev–Trinajstić information content (AvgIpc) is 2.88. The number of carbonyl (C=O) groups is 2. The van der Waals surface area contributed by atoms with Gasteiger partial charge in [0, 0.05) is 47.5 Å². The monoisotopic (exact) mass is 394 g/mol. The van der Waals surface area contributed by atoms with Crippen molar-refractivity contribution >= 4 is 17.4 Å². The van der Waals surface area contributed by atoms with E-state index in [-0.39, 0.29) is 28.9 Å². The molecule has 1 aliphatic heterocycles. The van der Waals surface area contributed by atoms with Gasteiger partial charge in [-0.05, 0) is 36.3 Å². The van der Waals surface area contributed by atoms with Crippen LogP contribution >= 0.6 is 0 Å². The molecule has 0 spiro atoms. The molecule has 0 fully saturated rings. The zero-order valence-corrected chi connectivity index (χ0v) is 16.3. The number of para-hydroxylation sites is 1. The molecule has 0 unspecified atom stereocenters. The van der Waals surface area contributed by atoms with Crippen LogP contribution in [0.1, 0.15) is 32.3 Å². The molecular weight excluding hydrogens is 372 g/mol. The molecule has 150 valence electrons. The van der Waals surface area contributed by atoms with Crippen LogP contribution in [0, 0.1) is 10.1 Å². The van der Waals surface area contributed by atoms with Gasteiger partial charge in [-0.15, -0.1) is 0 Å². The SMILES string of the molecule is CC1(C)/C(=C\C=C2\C=C([N+](=O)[O-])C=CC2=O)N(CCCC(=O)O)c2ccccc21. The number of carboxylic acids is 1. The number of allylic oxidation sites excluding steroid dienone is 7. The standard InChI is InChI=1S/C22H22N2O5/c1-22(2)17-6-3-4-7-18(17)23(13-5-8-21(26)27)20(22)12-9-15-14-16(24(28)29)10-11-19(15)25/h3-4,6-7,9-12,14H,5,8,13H2,1-2H3,(H,26,27)/b15-9-,20-12+. The minimum atomic E-state index is -0.846. The molecule has 3 rings (SSSR count). The summed E-state index contributed by atoms with van der Waals surface area (Å²) in [6, 6.07) is 7.92. The molecule has 0 radical (unpaired) electrons. The highest BCUT2D eigenvalue weighted by Gasteiger charge is 2.39. The van der Waals surface area contributed by atoms with Crippen LogP contribution in [0.5, 0.6) is 0 Å². The lowest BCUT2D eigenvalue weighted by molar-refractivity contribution is -0.419. The van der Waals surface area contributed by atoms with Crippen molar-refractivity contribution in [1.29, 1.82) is 0 Å². The topological polar surface area (TPSA) is 101 Å². The molecule has 0 saturated heterocycles. The van der Waals surface area contributed by atoms with Gasteiger partial charge in [-0.25, -0.2) is 0 Å². The predicted octanol–water partition coefficient (Wildman–Crippen LogP) is 3.76. The van der Waals surface area contributed by atoms with E-state index < -0.39 is 10.9 Å². The second kappa shape index (κ2) is 7.87. The molecule has 2 aliphatic rings. The van der Waals surface area contributed by atoms with Crippen molar-refractivity contribution in [3.05, 3.63) is 87.3 Å². The Balaban J connectivity index is 2.00. The predicted molar refractivity (Wildman–Crippen MR) is 109 cm³/mol. The highest BCUT2D eigenvalue weighted by Crippen LogP contribution is 2.47. The minimum absolute atomic E-state index is 0.0612. The summed E-state index contributed by atoms with van der Waals surface area (Å²) in [6.45, 7) is 4.65. The van der Waals surface area contributed by atoms with Gasteiger partial charge in [-0.2, -0.15) is 0 Å². The third-order valence-corrected chi connectivity index (χ3v) is 5.20. The lowest BCUT2D eigenvalue weighted by Gasteiger charge is -2.27. The fraction of sp³-hybridized carbons (Fsp3) is 0.273. The number of hydrogen-bond donors (Lipinski definition) is 1. The quantitative estimate of drug-likeness (QED) is 0.448. The number of fused-ring (bicyclic) bond motifs is 1. The number of hydrogen-bond acceptors (Lipinski definition) is 5. The molecule has 29 heavy (non-hydrogen) atoms. The van der Waals surface area contributed by atoms with Gasteiger partial charge in [-0.1, -0.05) is 32.0 Å². The largest absolute Gasteiger partial charge is 0.481 e. The van der Waals surface area contributed by atoms with Gasteiger partial charge in [-0.3, -0.25) is 19.7 Å². The number of carboxylic acid groups (broad SMARTS) is 1.